The van der Waals surface area contributed by atoms with Crippen molar-refractivity contribution in [3.63, 3.8) is 0 Å². The lowest BCUT2D eigenvalue weighted by molar-refractivity contribution is 0.515. The predicted molar refractivity (Wildman–Crippen MR) is 88.0 cm³/mol. The molecule has 1 aromatic rings. The van der Waals surface area contributed by atoms with Gasteiger partial charge in [0.05, 0.1) is 0 Å². The Morgan fingerprint density at radius 1 is 1.10 bits per heavy atom. The van der Waals surface area contributed by atoms with Gasteiger partial charge in [0.25, 0.3) is 0 Å². The Balaban J connectivity index is 1.83. The Bertz CT molecular complexity index is 416. The van der Waals surface area contributed by atoms with Crippen molar-refractivity contribution >= 4 is 0 Å². The second-order valence-electron chi connectivity index (χ2n) is 5.87. The first-order chi connectivity index (χ1) is 9.83. The summed E-state index contributed by atoms with van der Waals surface area (Å²) in [6, 6.07) is 9.62. The van der Waals surface area contributed by atoms with E-state index in [1.165, 1.54) is 43.2 Å². The van der Waals surface area contributed by atoms with Gasteiger partial charge in [-0.05, 0) is 62.6 Å². The Labute approximate surface area is 124 Å². The van der Waals surface area contributed by atoms with Gasteiger partial charge in [0.1, 0.15) is 0 Å². The maximum atomic E-state index is 3.73. The summed E-state index contributed by atoms with van der Waals surface area (Å²) in [7, 11) is 0. The summed E-state index contributed by atoms with van der Waals surface area (Å²) in [5.41, 5.74) is 4.53. The smallest absolute Gasteiger partial charge is 0.0317 e. The lowest BCUT2D eigenvalue weighted by Crippen LogP contribution is -2.22. The van der Waals surface area contributed by atoms with E-state index in [1.54, 1.807) is 5.57 Å². The minimum Gasteiger partial charge on any atom is -0.310 e. The zero-order chi connectivity index (χ0) is 14.2. The molecule has 1 aliphatic carbocycles. The van der Waals surface area contributed by atoms with Gasteiger partial charge in [-0.1, -0.05) is 49.8 Å². The van der Waals surface area contributed by atoms with Crippen molar-refractivity contribution in [2.24, 2.45) is 0 Å². The SMILES string of the molecule is CCc1ccc(C(CC)NCCC2=CCCCC2)cc1. The standard InChI is InChI=1S/C19H29N/c1-3-16-10-12-18(13-11-16)19(4-2)20-15-14-17-8-6-5-7-9-17/h8,10-13,19-20H,3-7,9,14-15H2,1-2H3. The number of nitrogens with one attached hydrogen (secondary N) is 1. The number of benzene rings is 1. The molecular formula is C19H29N. The van der Waals surface area contributed by atoms with Crippen molar-refractivity contribution in [3.8, 4) is 0 Å². The maximum absolute atomic E-state index is 3.73. The molecule has 0 amide bonds. The van der Waals surface area contributed by atoms with E-state index in [0.717, 1.165) is 19.4 Å². The largest absolute Gasteiger partial charge is 0.310 e. The van der Waals surface area contributed by atoms with Gasteiger partial charge in [-0.3, -0.25) is 0 Å². The van der Waals surface area contributed by atoms with E-state index in [1.807, 2.05) is 0 Å². The first-order valence-corrected chi connectivity index (χ1v) is 8.33. The monoisotopic (exact) mass is 271 g/mol. The third kappa shape index (κ3) is 4.49. The molecule has 1 unspecified atom stereocenters. The molecule has 0 aliphatic heterocycles. The third-order valence-corrected chi connectivity index (χ3v) is 4.42. The number of rotatable bonds is 7. The van der Waals surface area contributed by atoms with Crippen LogP contribution >= 0.6 is 0 Å². The van der Waals surface area contributed by atoms with Gasteiger partial charge in [-0.25, -0.2) is 0 Å². The van der Waals surface area contributed by atoms with Crippen LogP contribution in [0.3, 0.4) is 0 Å². The molecule has 2 rings (SSSR count). The minimum atomic E-state index is 0.505. The molecule has 1 N–H and O–H groups in total. The van der Waals surface area contributed by atoms with Crippen molar-refractivity contribution < 1.29 is 0 Å². The van der Waals surface area contributed by atoms with E-state index in [0.29, 0.717) is 6.04 Å². The Morgan fingerprint density at radius 3 is 2.50 bits per heavy atom. The quantitative estimate of drug-likeness (QED) is 0.674. The van der Waals surface area contributed by atoms with Gasteiger partial charge >= 0.3 is 0 Å². The van der Waals surface area contributed by atoms with E-state index in [2.05, 4.69) is 49.5 Å². The van der Waals surface area contributed by atoms with Crippen molar-refractivity contribution in [3.05, 3.63) is 47.0 Å². The van der Waals surface area contributed by atoms with Crippen LogP contribution in [0.1, 0.15) is 69.5 Å². The van der Waals surface area contributed by atoms with Crippen molar-refractivity contribution in [1.82, 2.24) is 5.32 Å². The number of aryl methyl sites for hydroxylation is 1. The molecule has 0 spiro atoms. The molecule has 20 heavy (non-hydrogen) atoms. The number of allylic oxidation sites excluding steroid dienone is 1. The highest BCUT2D eigenvalue weighted by molar-refractivity contribution is 5.25. The van der Waals surface area contributed by atoms with Crippen LogP contribution in [0, 0.1) is 0 Å². The van der Waals surface area contributed by atoms with Gasteiger partial charge in [0.15, 0.2) is 0 Å². The van der Waals surface area contributed by atoms with Crippen LogP contribution in [-0.4, -0.2) is 6.54 Å². The van der Waals surface area contributed by atoms with Gasteiger partial charge in [-0.15, -0.1) is 0 Å². The molecule has 1 aromatic carbocycles. The minimum absolute atomic E-state index is 0.505. The summed E-state index contributed by atoms with van der Waals surface area (Å²) in [4.78, 5) is 0. The first-order valence-electron chi connectivity index (χ1n) is 8.33. The fourth-order valence-corrected chi connectivity index (χ4v) is 3.02. The number of hydrogen-bond donors (Lipinski definition) is 1. The molecule has 110 valence electrons. The highest BCUT2D eigenvalue weighted by Crippen LogP contribution is 2.21. The molecule has 0 bridgehead atoms. The van der Waals surface area contributed by atoms with Crippen LogP contribution in [0.5, 0.6) is 0 Å². The molecule has 0 fully saturated rings. The molecular weight excluding hydrogens is 242 g/mol. The summed E-state index contributed by atoms with van der Waals surface area (Å²) in [6.45, 7) is 5.59. The van der Waals surface area contributed by atoms with Crippen molar-refractivity contribution in [2.45, 2.75) is 64.8 Å². The second kappa shape index (κ2) is 8.26. The van der Waals surface area contributed by atoms with Crippen LogP contribution < -0.4 is 5.32 Å². The number of hydrogen-bond acceptors (Lipinski definition) is 1. The average molecular weight is 271 g/mol. The van der Waals surface area contributed by atoms with E-state index in [9.17, 15) is 0 Å². The summed E-state index contributed by atoms with van der Waals surface area (Å²) in [6.07, 6.45) is 11.4. The highest BCUT2D eigenvalue weighted by Gasteiger charge is 2.09. The fourth-order valence-electron chi connectivity index (χ4n) is 3.02. The lowest BCUT2D eigenvalue weighted by Gasteiger charge is -2.19. The van der Waals surface area contributed by atoms with Gasteiger partial charge < -0.3 is 5.32 Å². The van der Waals surface area contributed by atoms with Gasteiger partial charge in [-0.2, -0.15) is 0 Å². The van der Waals surface area contributed by atoms with Crippen LogP contribution in [-0.2, 0) is 6.42 Å². The predicted octanol–water partition coefficient (Wildman–Crippen LogP) is 5.18. The fraction of sp³-hybridized carbons (Fsp3) is 0.579. The van der Waals surface area contributed by atoms with E-state index in [4.69, 9.17) is 0 Å². The van der Waals surface area contributed by atoms with Crippen LogP contribution in [0.15, 0.2) is 35.9 Å². The zero-order valence-electron chi connectivity index (χ0n) is 13.1. The maximum Gasteiger partial charge on any atom is 0.0317 e. The van der Waals surface area contributed by atoms with Crippen LogP contribution in [0.2, 0.25) is 0 Å². The Hall–Kier alpha value is -1.08. The highest BCUT2D eigenvalue weighted by atomic mass is 14.9. The normalized spacial score (nSPS) is 16.8. The van der Waals surface area contributed by atoms with E-state index < -0.39 is 0 Å². The Morgan fingerprint density at radius 2 is 1.90 bits per heavy atom. The molecule has 0 saturated carbocycles. The molecule has 1 atom stereocenters. The second-order valence-corrected chi connectivity index (χ2v) is 5.87. The summed E-state index contributed by atoms with van der Waals surface area (Å²) in [5, 5.41) is 3.73. The third-order valence-electron chi connectivity index (χ3n) is 4.42. The molecule has 1 nitrogen and oxygen atoms in total. The van der Waals surface area contributed by atoms with Crippen molar-refractivity contribution in [2.75, 3.05) is 6.54 Å². The lowest BCUT2D eigenvalue weighted by atomic mass is 9.97. The van der Waals surface area contributed by atoms with E-state index in [-0.39, 0.29) is 0 Å². The van der Waals surface area contributed by atoms with Gasteiger partial charge in [0, 0.05) is 6.04 Å². The molecule has 1 aliphatic rings. The van der Waals surface area contributed by atoms with Gasteiger partial charge in [0.2, 0.25) is 0 Å². The zero-order valence-corrected chi connectivity index (χ0v) is 13.1. The molecule has 0 aromatic heterocycles. The summed E-state index contributed by atoms with van der Waals surface area (Å²) >= 11 is 0. The Kier molecular flexibility index (Phi) is 6.32. The van der Waals surface area contributed by atoms with E-state index >= 15 is 0 Å². The molecule has 1 heteroatoms. The summed E-state index contributed by atoms with van der Waals surface area (Å²) in [5.74, 6) is 0. The van der Waals surface area contributed by atoms with Crippen LogP contribution in [0.25, 0.3) is 0 Å². The topological polar surface area (TPSA) is 12.0 Å². The first kappa shape index (κ1) is 15.3. The van der Waals surface area contributed by atoms with Crippen molar-refractivity contribution in [1.29, 1.82) is 0 Å². The summed E-state index contributed by atoms with van der Waals surface area (Å²) < 4.78 is 0. The average Bonchev–Trinajstić information content (AvgIpc) is 2.53. The van der Waals surface area contributed by atoms with Crippen LogP contribution in [0.4, 0.5) is 0 Å². The molecule has 0 heterocycles. The molecule has 0 saturated heterocycles. The molecule has 0 radical (unpaired) electrons.